The highest BCUT2D eigenvalue weighted by atomic mass is 14.1. The van der Waals surface area contributed by atoms with Gasteiger partial charge in [0, 0.05) is 0 Å². The maximum Gasteiger partial charge on any atom is -0.0103 e. The van der Waals surface area contributed by atoms with Gasteiger partial charge in [0.2, 0.25) is 0 Å². The molecule has 0 aliphatic carbocycles. The summed E-state index contributed by atoms with van der Waals surface area (Å²) in [5.41, 5.74) is 3.85. The number of hydrogen-bond donors (Lipinski definition) is 0. The van der Waals surface area contributed by atoms with Crippen molar-refractivity contribution < 1.29 is 0 Å². The van der Waals surface area contributed by atoms with E-state index in [-0.39, 0.29) is 0 Å². The van der Waals surface area contributed by atoms with Crippen molar-refractivity contribution in [3.05, 3.63) is 77.9 Å². The summed E-state index contributed by atoms with van der Waals surface area (Å²) >= 11 is 0. The van der Waals surface area contributed by atoms with E-state index in [1.807, 2.05) is 0 Å². The van der Waals surface area contributed by atoms with Crippen LogP contribution in [0.3, 0.4) is 0 Å². The molecule has 0 aliphatic rings. The molecule has 0 atom stereocenters. The van der Waals surface area contributed by atoms with Crippen LogP contribution in [-0.4, -0.2) is 0 Å². The third kappa shape index (κ3) is 2.50. The highest BCUT2D eigenvalue weighted by molar-refractivity contribution is 6.08. The molecular formula is C21H20. The minimum Gasteiger partial charge on any atom is -0.0871 e. The van der Waals surface area contributed by atoms with E-state index in [9.17, 15) is 0 Å². The molecule has 0 aromatic heterocycles. The SMILES string of the molecule is C/C=C\C(=C/C)c1ccc2c(ccc3ccc(C)cc32)c1. The monoisotopic (exact) mass is 272 g/mol. The molecule has 0 heteroatoms. The standard InChI is InChI=1S/C21H20/c1-4-6-16(5-2)18-11-12-20-19(14-18)10-9-17-8-7-15(3)13-21(17)20/h4-14H,1-3H3/b6-4-,16-5+. The van der Waals surface area contributed by atoms with Crippen molar-refractivity contribution >= 4 is 27.1 Å². The van der Waals surface area contributed by atoms with E-state index in [0.29, 0.717) is 0 Å². The Morgan fingerprint density at radius 2 is 1.57 bits per heavy atom. The van der Waals surface area contributed by atoms with Gasteiger partial charge in [-0.15, -0.1) is 0 Å². The average molecular weight is 272 g/mol. The van der Waals surface area contributed by atoms with Crippen molar-refractivity contribution in [1.29, 1.82) is 0 Å². The molecule has 0 spiro atoms. The molecular weight excluding hydrogens is 252 g/mol. The second kappa shape index (κ2) is 5.57. The summed E-state index contributed by atoms with van der Waals surface area (Å²) in [5.74, 6) is 0. The van der Waals surface area contributed by atoms with Gasteiger partial charge in [-0.05, 0) is 59.5 Å². The first-order valence-corrected chi connectivity index (χ1v) is 7.45. The second-order valence-electron chi connectivity index (χ2n) is 5.47. The topological polar surface area (TPSA) is 0 Å². The third-order valence-electron chi connectivity index (χ3n) is 3.98. The van der Waals surface area contributed by atoms with Crippen molar-refractivity contribution in [2.45, 2.75) is 20.8 Å². The van der Waals surface area contributed by atoms with Gasteiger partial charge in [-0.3, -0.25) is 0 Å². The number of benzene rings is 3. The molecule has 0 radical (unpaired) electrons. The van der Waals surface area contributed by atoms with Crippen LogP contribution in [-0.2, 0) is 0 Å². The summed E-state index contributed by atoms with van der Waals surface area (Å²) in [7, 11) is 0. The van der Waals surface area contributed by atoms with Crippen molar-refractivity contribution in [3.8, 4) is 0 Å². The molecule has 3 rings (SSSR count). The van der Waals surface area contributed by atoms with Gasteiger partial charge in [-0.2, -0.15) is 0 Å². The van der Waals surface area contributed by atoms with Crippen molar-refractivity contribution in [2.75, 3.05) is 0 Å². The van der Waals surface area contributed by atoms with E-state index in [4.69, 9.17) is 0 Å². The smallest absolute Gasteiger partial charge is 0.0103 e. The van der Waals surface area contributed by atoms with Gasteiger partial charge in [-0.1, -0.05) is 66.3 Å². The van der Waals surface area contributed by atoms with Gasteiger partial charge in [0.1, 0.15) is 0 Å². The predicted octanol–water partition coefficient (Wildman–Crippen LogP) is 6.28. The Balaban J connectivity index is 2.26. The summed E-state index contributed by atoms with van der Waals surface area (Å²) in [6.07, 6.45) is 6.40. The fourth-order valence-corrected chi connectivity index (χ4v) is 2.89. The molecule has 0 nitrogen and oxygen atoms in total. The maximum absolute atomic E-state index is 2.28. The molecule has 3 aromatic carbocycles. The minimum absolute atomic E-state index is 1.27. The highest BCUT2D eigenvalue weighted by Gasteiger charge is 2.03. The van der Waals surface area contributed by atoms with Crippen LogP contribution < -0.4 is 0 Å². The molecule has 0 fully saturated rings. The first kappa shape index (κ1) is 13.6. The van der Waals surface area contributed by atoms with Crippen LogP contribution >= 0.6 is 0 Å². The molecule has 0 bridgehead atoms. The number of aryl methyl sites for hydroxylation is 1. The normalized spacial score (nSPS) is 12.6. The first-order chi connectivity index (χ1) is 10.2. The minimum atomic E-state index is 1.27. The molecule has 0 heterocycles. The maximum atomic E-state index is 2.28. The van der Waals surface area contributed by atoms with Gasteiger partial charge in [0.05, 0.1) is 0 Å². The number of fused-ring (bicyclic) bond motifs is 3. The molecule has 0 saturated heterocycles. The summed E-state index contributed by atoms with van der Waals surface area (Å²) in [4.78, 5) is 0. The van der Waals surface area contributed by atoms with Gasteiger partial charge in [-0.25, -0.2) is 0 Å². The Labute approximate surface area is 126 Å². The second-order valence-corrected chi connectivity index (χ2v) is 5.47. The average Bonchev–Trinajstić information content (AvgIpc) is 2.51. The van der Waals surface area contributed by atoms with Crippen LogP contribution in [0.2, 0.25) is 0 Å². The number of rotatable bonds is 2. The number of allylic oxidation sites excluding steroid dienone is 4. The number of hydrogen-bond acceptors (Lipinski definition) is 0. The molecule has 104 valence electrons. The van der Waals surface area contributed by atoms with E-state index < -0.39 is 0 Å². The van der Waals surface area contributed by atoms with Crippen molar-refractivity contribution in [1.82, 2.24) is 0 Å². The molecule has 0 unspecified atom stereocenters. The lowest BCUT2D eigenvalue weighted by atomic mass is 9.96. The fraction of sp³-hybridized carbons (Fsp3) is 0.143. The Morgan fingerprint density at radius 3 is 2.33 bits per heavy atom. The Kier molecular flexibility index (Phi) is 3.62. The lowest BCUT2D eigenvalue weighted by Gasteiger charge is -2.08. The van der Waals surface area contributed by atoms with E-state index in [1.165, 1.54) is 38.2 Å². The molecule has 0 N–H and O–H groups in total. The molecule has 3 aromatic rings. The Bertz CT molecular complexity index is 864. The summed E-state index contributed by atoms with van der Waals surface area (Å²) < 4.78 is 0. The van der Waals surface area contributed by atoms with Crippen LogP contribution in [0.1, 0.15) is 25.0 Å². The highest BCUT2D eigenvalue weighted by Crippen LogP contribution is 2.29. The lowest BCUT2D eigenvalue weighted by Crippen LogP contribution is -1.84. The van der Waals surface area contributed by atoms with Crippen LogP contribution in [0.25, 0.3) is 27.1 Å². The molecule has 0 saturated carbocycles. The van der Waals surface area contributed by atoms with Gasteiger partial charge in [0.15, 0.2) is 0 Å². The largest absolute Gasteiger partial charge is 0.0871 e. The fourth-order valence-electron chi connectivity index (χ4n) is 2.89. The van der Waals surface area contributed by atoms with Crippen molar-refractivity contribution in [3.63, 3.8) is 0 Å². The van der Waals surface area contributed by atoms with E-state index in [2.05, 4.69) is 87.5 Å². The zero-order valence-corrected chi connectivity index (χ0v) is 12.9. The summed E-state index contributed by atoms with van der Waals surface area (Å²) in [6, 6.07) is 17.8. The molecule has 21 heavy (non-hydrogen) atoms. The Hall–Kier alpha value is -2.34. The van der Waals surface area contributed by atoms with Gasteiger partial charge in [0.25, 0.3) is 0 Å². The van der Waals surface area contributed by atoms with Crippen molar-refractivity contribution in [2.24, 2.45) is 0 Å². The van der Waals surface area contributed by atoms with E-state index in [1.54, 1.807) is 0 Å². The summed E-state index contributed by atoms with van der Waals surface area (Å²) in [6.45, 7) is 6.29. The quantitative estimate of drug-likeness (QED) is 0.380. The van der Waals surface area contributed by atoms with E-state index in [0.717, 1.165) is 0 Å². The van der Waals surface area contributed by atoms with Crippen LogP contribution in [0.15, 0.2) is 66.8 Å². The van der Waals surface area contributed by atoms with Gasteiger partial charge >= 0.3 is 0 Å². The zero-order valence-electron chi connectivity index (χ0n) is 12.9. The van der Waals surface area contributed by atoms with Crippen LogP contribution in [0.5, 0.6) is 0 Å². The summed E-state index contributed by atoms with van der Waals surface area (Å²) in [5, 5.41) is 5.28. The first-order valence-electron chi connectivity index (χ1n) is 7.45. The lowest BCUT2D eigenvalue weighted by molar-refractivity contribution is 1.51. The molecule has 0 aliphatic heterocycles. The zero-order chi connectivity index (χ0) is 14.8. The third-order valence-corrected chi connectivity index (χ3v) is 3.98. The molecule has 0 amide bonds. The van der Waals surface area contributed by atoms with Gasteiger partial charge < -0.3 is 0 Å². The predicted molar refractivity (Wildman–Crippen MR) is 94.7 cm³/mol. The van der Waals surface area contributed by atoms with Crippen LogP contribution in [0, 0.1) is 6.92 Å². The Morgan fingerprint density at radius 1 is 0.810 bits per heavy atom. The van der Waals surface area contributed by atoms with Crippen LogP contribution in [0.4, 0.5) is 0 Å². The van der Waals surface area contributed by atoms with E-state index >= 15 is 0 Å².